The molecule has 4 rings (SSSR count). The molecule has 3 heterocycles. The van der Waals surface area contributed by atoms with Crippen molar-refractivity contribution < 1.29 is 9.18 Å². The number of piperidine rings is 1. The second-order valence-electron chi connectivity index (χ2n) is 8.22. The van der Waals surface area contributed by atoms with Gasteiger partial charge in [-0.1, -0.05) is 12.1 Å². The van der Waals surface area contributed by atoms with Crippen LogP contribution in [0, 0.1) is 12.7 Å². The molecule has 1 saturated heterocycles. The largest absolute Gasteiger partial charge is 0.355 e. The fraction of sp³-hybridized carbons (Fsp3) is 0.320. The summed E-state index contributed by atoms with van der Waals surface area (Å²) in [5.41, 5.74) is 3.23. The molecule has 1 fully saturated rings. The summed E-state index contributed by atoms with van der Waals surface area (Å²) < 4.78 is 15.1. The molecular weight excluding hydrogens is 407 g/mol. The summed E-state index contributed by atoms with van der Waals surface area (Å²) in [5.74, 6) is -0.100. The number of rotatable bonds is 6. The maximum Gasteiger partial charge on any atom is 0.250 e. The molecule has 0 radical (unpaired) electrons. The van der Waals surface area contributed by atoms with Crippen molar-refractivity contribution in [1.29, 1.82) is 0 Å². The molecule has 7 heteroatoms. The minimum atomic E-state index is -0.291. The highest BCUT2D eigenvalue weighted by atomic mass is 19.1. The standard InChI is InChI=1S/C25H27FN4O2/c1-18-14-22(28-21-8-4-7-20(26)15-21)16-23(27-18)19-6-5-12-30(17-19)25(32)10-13-29-11-3-2-9-24(29)31/h2-4,7-9,11,14-16,19H,5-6,10,12-13,17H2,1H3,(H,27,28)/t19-/m0/s1. The van der Waals surface area contributed by atoms with Crippen LogP contribution < -0.4 is 10.9 Å². The fourth-order valence-electron chi connectivity index (χ4n) is 4.17. The Balaban J connectivity index is 1.43. The van der Waals surface area contributed by atoms with Crippen molar-refractivity contribution >= 4 is 17.3 Å². The summed E-state index contributed by atoms with van der Waals surface area (Å²) in [6.07, 6.45) is 3.87. The van der Waals surface area contributed by atoms with Crippen LogP contribution in [-0.4, -0.2) is 33.4 Å². The first kappa shape index (κ1) is 21.7. The number of carbonyl (C=O) groups is 1. The Morgan fingerprint density at radius 1 is 1.16 bits per heavy atom. The van der Waals surface area contributed by atoms with Crippen molar-refractivity contribution in [2.24, 2.45) is 0 Å². The van der Waals surface area contributed by atoms with Crippen LogP contribution in [0.5, 0.6) is 0 Å². The molecule has 32 heavy (non-hydrogen) atoms. The number of nitrogens with zero attached hydrogens (tertiary/aromatic N) is 3. The monoisotopic (exact) mass is 434 g/mol. The molecule has 3 aromatic rings. The first-order valence-electron chi connectivity index (χ1n) is 10.9. The van der Waals surface area contributed by atoms with Crippen molar-refractivity contribution in [3.05, 3.63) is 88.4 Å². The summed E-state index contributed by atoms with van der Waals surface area (Å²) in [7, 11) is 0. The SMILES string of the molecule is Cc1cc(Nc2cccc(F)c2)cc([C@H]2CCCN(C(=O)CCn3ccccc3=O)C2)n1. The van der Waals surface area contributed by atoms with Gasteiger partial charge in [-0.2, -0.15) is 0 Å². The van der Waals surface area contributed by atoms with Crippen molar-refractivity contribution in [3.8, 4) is 0 Å². The van der Waals surface area contributed by atoms with Crippen LogP contribution in [0.25, 0.3) is 0 Å². The van der Waals surface area contributed by atoms with Crippen molar-refractivity contribution in [3.63, 3.8) is 0 Å². The molecule has 0 saturated carbocycles. The minimum Gasteiger partial charge on any atom is -0.355 e. The highest BCUT2D eigenvalue weighted by Gasteiger charge is 2.26. The van der Waals surface area contributed by atoms with Crippen molar-refractivity contribution in [2.75, 3.05) is 18.4 Å². The van der Waals surface area contributed by atoms with E-state index < -0.39 is 0 Å². The van der Waals surface area contributed by atoms with Gasteiger partial charge in [-0.3, -0.25) is 14.6 Å². The van der Waals surface area contributed by atoms with Crippen LogP contribution >= 0.6 is 0 Å². The number of aromatic nitrogens is 2. The molecule has 1 N–H and O–H groups in total. The molecule has 0 bridgehead atoms. The van der Waals surface area contributed by atoms with E-state index in [0.29, 0.717) is 25.2 Å². The topological polar surface area (TPSA) is 67.2 Å². The van der Waals surface area contributed by atoms with E-state index in [1.165, 1.54) is 18.2 Å². The molecule has 1 aromatic carbocycles. The predicted octanol–water partition coefficient (Wildman–Crippen LogP) is 4.23. The number of carbonyl (C=O) groups excluding carboxylic acids is 1. The van der Waals surface area contributed by atoms with E-state index in [2.05, 4.69) is 5.32 Å². The van der Waals surface area contributed by atoms with E-state index in [-0.39, 0.29) is 23.2 Å². The Labute approximate surface area is 186 Å². The quantitative estimate of drug-likeness (QED) is 0.631. The fourth-order valence-corrected chi connectivity index (χ4v) is 4.17. The maximum absolute atomic E-state index is 13.5. The first-order valence-corrected chi connectivity index (χ1v) is 10.9. The summed E-state index contributed by atoms with van der Waals surface area (Å²) in [6, 6.07) is 15.3. The molecule has 1 aliphatic heterocycles. The third-order valence-corrected chi connectivity index (χ3v) is 5.74. The van der Waals surface area contributed by atoms with Crippen LogP contribution in [0.15, 0.2) is 65.6 Å². The number of halogens is 1. The van der Waals surface area contributed by atoms with Gasteiger partial charge < -0.3 is 14.8 Å². The number of aryl methyl sites for hydroxylation is 2. The number of anilines is 2. The van der Waals surface area contributed by atoms with E-state index in [9.17, 15) is 14.0 Å². The van der Waals surface area contributed by atoms with Gasteiger partial charge in [0, 0.05) is 67.0 Å². The summed E-state index contributed by atoms with van der Waals surface area (Å²) >= 11 is 0. The molecule has 0 spiro atoms. The van der Waals surface area contributed by atoms with Gasteiger partial charge >= 0.3 is 0 Å². The van der Waals surface area contributed by atoms with Gasteiger partial charge in [-0.15, -0.1) is 0 Å². The molecular formula is C25H27FN4O2. The van der Waals surface area contributed by atoms with E-state index >= 15 is 0 Å². The van der Waals surface area contributed by atoms with Gasteiger partial charge in [0.05, 0.1) is 0 Å². The van der Waals surface area contributed by atoms with Gasteiger partial charge in [-0.25, -0.2) is 4.39 Å². The molecule has 1 aliphatic rings. The number of likely N-dealkylation sites (tertiary alicyclic amines) is 1. The maximum atomic E-state index is 13.5. The summed E-state index contributed by atoms with van der Waals surface area (Å²) in [4.78, 5) is 31.3. The second-order valence-corrected chi connectivity index (χ2v) is 8.22. The van der Waals surface area contributed by atoms with E-state index in [4.69, 9.17) is 4.98 Å². The zero-order valence-electron chi connectivity index (χ0n) is 18.1. The van der Waals surface area contributed by atoms with E-state index in [1.807, 2.05) is 30.0 Å². The molecule has 1 atom stereocenters. The number of pyridine rings is 2. The average molecular weight is 435 g/mol. The normalized spacial score (nSPS) is 16.1. The Morgan fingerprint density at radius 3 is 2.84 bits per heavy atom. The van der Waals surface area contributed by atoms with Crippen molar-refractivity contribution in [2.45, 2.75) is 38.6 Å². The number of amides is 1. The smallest absolute Gasteiger partial charge is 0.250 e. The molecule has 6 nitrogen and oxygen atoms in total. The Bertz CT molecular complexity index is 1160. The third kappa shape index (κ3) is 5.41. The number of nitrogens with one attached hydrogen (secondary N) is 1. The lowest BCUT2D eigenvalue weighted by Crippen LogP contribution is -2.40. The number of hydrogen-bond acceptors (Lipinski definition) is 4. The summed E-state index contributed by atoms with van der Waals surface area (Å²) in [6.45, 7) is 3.64. The Hall–Kier alpha value is -3.48. The molecule has 166 valence electrons. The summed E-state index contributed by atoms with van der Waals surface area (Å²) in [5, 5.41) is 3.25. The Kier molecular flexibility index (Phi) is 6.63. The van der Waals surface area contributed by atoms with Crippen LogP contribution in [0.2, 0.25) is 0 Å². The lowest BCUT2D eigenvalue weighted by Gasteiger charge is -2.33. The van der Waals surface area contributed by atoms with Gasteiger partial charge in [0.25, 0.3) is 5.56 Å². The van der Waals surface area contributed by atoms with Crippen molar-refractivity contribution in [1.82, 2.24) is 14.5 Å². The average Bonchev–Trinajstić information content (AvgIpc) is 2.78. The molecule has 0 aliphatic carbocycles. The van der Waals surface area contributed by atoms with E-state index in [0.717, 1.165) is 36.5 Å². The molecule has 0 unspecified atom stereocenters. The van der Waals surface area contributed by atoms with E-state index in [1.54, 1.807) is 29.0 Å². The van der Waals surface area contributed by atoms with Gasteiger partial charge in [0.15, 0.2) is 0 Å². The first-order chi connectivity index (χ1) is 15.5. The second kappa shape index (κ2) is 9.77. The van der Waals surface area contributed by atoms with Crippen LogP contribution in [0.4, 0.5) is 15.8 Å². The zero-order chi connectivity index (χ0) is 22.5. The van der Waals surface area contributed by atoms with Gasteiger partial charge in [0.2, 0.25) is 5.91 Å². The molecule has 1 amide bonds. The minimum absolute atomic E-state index is 0.0521. The van der Waals surface area contributed by atoms with Crippen LogP contribution in [-0.2, 0) is 11.3 Å². The zero-order valence-corrected chi connectivity index (χ0v) is 18.1. The highest BCUT2D eigenvalue weighted by molar-refractivity contribution is 5.76. The van der Waals surface area contributed by atoms with Crippen LogP contribution in [0.3, 0.4) is 0 Å². The van der Waals surface area contributed by atoms with Gasteiger partial charge in [-0.05, 0) is 56.2 Å². The van der Waals surface area contributed by atoms with Crippen LogP contribution in [0.1, 0.15) is 36.6 Å². The lowest BCUT2D eigenvalue weighted by molar-refractivity contribution is -0.132. The van der Waals surface area contributed by atoms with Gasteiger partial charge in [0.1, 0.15) is 5.82 Å². The Morgan fingerprint density at radius 2 is 2.03 bits per heavy atom. The molecule has 2 aromatic heterocycles. The third-order valence-electron chi connectivity index (χ3n) is 5.74. The lowest BCUT2D eigenvalue weighted by atomic mass is 9.93. The highest BCUT2D eigenvalue weighted by Crippen LogP contribution is 2.29. The number of benzene rings is 1. The number of hydrogen-bond donors (Lipinski definition) is 1. The predicted molar refractivity (Wildman–Crippen MR) is 123 cm³/mol.